The summed E-state index contributed by atoms with van der Waals surface area (Å²) in [5, 5.41) is 1.63. The fraction of sp³-hybridized carbons (Fsp3) is 0.333. The van der Waals surface area contributed by atoms with Gasteiger partial charge in [-0.25, -0.2) is 9.52 Å². The molecule has 0 radical (unpaired) electrons. The Morgan fingerprint density at radius 2 is 1.90 bits per heavy atom. The largest absolute Gasteiger partial charge is 0.467 e. The molecule has 0 spiro atoms. The van der Waals surface area contributed by atoms with Crippen molar-refractivity contribution in [2.45, 2.75) is 6.18 Å². The number of alkyl halides is 3. The number of carbonyl (C=O) groups is 1. The van der Waals surface area contributed by atoms with Crippen molar-refractivity contribution < 1.29 is 31.1 Å². The van der Waals surface area contributed by atoms with Crippen LogP contribution in [0.4, 0.5) is 23.9 Å². The van der Waals surface area contributed by atoms with E-state index < -0.39 is 39.2 Å². The molecule has 2 amide bonds. The number of urea groups is 1. The van der Waals surface area contributed by atoms with Gasteiger partial charge in [-0.15, -0.1) is 0 Å². The van der Waals surface area contributed by atoms with Crippen LogP contribution in [0.5, 0.6) is 6.01 Å². The number of hydrogen-bond donors (Lipinski definition) is 2. The predicted molar refractivity (Wildman–Crippen MR) is 58.3 cm³/mol. The normalized spacial score (nSPS) is 11.8. The molecule has 0 atom stereocenters. The van der Waals surface area contributed by atoms with Gasteiger partial charge < -0.3 is 4.74 Å². The quantitative estimate of drug-likeness (QED) is 0.771. The first-order valence-electron chi connectivity index (χ1n) is 4.42. The zero-order valence-corrected chi connectivity index (χ0v) is 11.0. The third-order valence-corrected chi connectivity index (χ3v) is 2.15. The highest BCUT2D eigenvalue weighted by Crippen LogP contribution is 2.27. The van der Waals surface area contributed by atoms with Crippen LogP contribution in [-0.2, 0) is 15.4 Å². The van der Waals surface area contributed by atoms with Gasteiger partial charge in [0, 0.05) is 10.7 Å². The number of rotatable bonds is 3. The van der Waals surface area contributed by atoms with Crippen LogP contribution in [0.1, 0.15) is 5.82 Å². The van der Waals surface area contributed by atoms with E-state index in [0.717, 1.165) is 7.11 Å². The van der Waals surface area contributed by atoms with Crippen molar-refractivity contribution in [1.29, 1.82) is 0 Å². The van der Waals surface area contributed by atoms with Gasteiger partial charge in [0.1, 0.15) is 0 Å². The number of nitrogens with zero attached hydrogens (tertiary/aromatic N) is 3. The first-order valence-corrected chi connectivity index (χ1v) is 6.73. The summed E-state index contributed by atoms with van der Waals surface area (Å²) in [4.78, 5) is 20.2. The molecule has 14 heteroatoms. The number of methoxy groups -OCH3 is 1. The summed E-state index contributed by atoms with van der Waals surface area (Å²) in [6.07, 6.45) is -4.91. The Balaban J connectivity index is 3.04. The van der Waals surface area contributed by atoms with Gasteiger partial charge in [-0.1, -0.05) is 0 Å². The molecule has 20 heavy (non-hydrogen) atoms. The molecule has 1 heterocycles. The molecular formula is C6H5ClF3N5O4S. The van der Waals surface area contributed by atoms with E-state index in [4.69, 9.17) is 10.7 Å². The van der Waals surface area contributed by atoms with E-state index in [1.165, 1.54) is 4.72 Å². The number of carbonyl (C=O) groups excluding carboxylic acids is 1. The van der Waals surface area contributed by atoms with Gasteiger partial charge >= 0.3 is 27.5 Å². The monoisotopic (exact) mass is 335 g/mol. The molecule has 0 saturated carbocycles. The Kier molecular flexibility index (Phi) is 4.54. The Labute approximate surface area is 114 Å². The fourth-order valence-corrected chi connectivity index (χ4v) is 1.35. The van der Waals surface area contributed by atoms with Crippen LogP contribution in [0, 0.1) is 0 Å². The minimum atomic E-state index is -4.91. The average molecular weight is 336 g/mol. The molecule has 0 aliphatic carbocycles. The molecule has 1 aromatic rings. The molecule has 9 nitrogen and oxygen atoms in total. The number of anilines is 1. The summed E-state index contributed by atoms with van der Waals surface area (Å²) >= 11 is 0. The number of halogens is 4. The molecule has 1 aromatic heterocycles. The van der Waals surface area contributed by atoms with Gasteiger partial charge in [0.25, 0.3) is 0 Å². The third kappa shape index (κ3) is 5.00. The number of ether oxygens (including phenoxy) is 1. The van der Waals surface area contributed by atoms with Crippen LogP contribution >= 0.6 is 10.7 Å². The Bertz CT molecular complexity index is 622. The van der Waals surface area contributed by atoms with Crippen LogP contribution in [0.2, 0.25) is 0 Å². The molecule has 1 rings (SSSR count). The van der Waals surface area contributed by atoms with Crippen molar-refractivity contribution >= 4 is 31.9 Å². The second-order valence-corrected chi connectivity index (χ2v) is 5.26. The maximum atomic E-state index is 12.4. The topological polar surface area (TPSA) is 123 Å². The van der Waals surface area contributed by atoms with Gasteiger partial charge in [0.05, 0.1) is 7.11 Å². The number of nitrogens with one attached hydrogen (secondary N) is 2. The third-order valence-electron chi connectivity index (χ3n) is 1.49. The van der Waals surface area contributed by atoms with E-state index in [1.807, 2.05) is 0 Å². The lowest BCUT2D eigenvalue weighted by Crippen LogP contribution is -2.32. The highest BCUT2D eigenvalue weighted by Gasteiger charge is 2.36. The minimum Gasteiger partial charge on any atom is -0.467 e. The smallest absolute Gasteiger partial charge is 0.451 e. The van der Waals surface area contributed by atoms with Crippen LogP contribution in [0.15, 0.2) is 0 Å². The van der Waals surface area contributed by atoms with E-state index in [-0.39, 0.29) is 0 Å². The molecule has 0 unspecified atom stereocenters. The highest BCUT2D eigenvalue weighted by atomic mass is 35.7. The Morgan fingerprint density at radius 3 is 2.35 bits per heavy atom. The maximum absolute atomic E-state index is 12.4. The van der Waals surface area contributed by atoms with Crippen molar-refractivity contribution in [2.24, 2.45) is 0 Å². The predicted octanol–water partition coefficient (Wildman–Crippen LogP) is 0.504. The highest BCUT2D eigenvalue weighted by molar-refractivity contribution is 8.12. The van der Waals surface area contributed by atoms with E-state index in [0.29, 0.717) is 0 Å². The second kappa shape index (κ2) is 5.62. The minimum absolute atomic E-state index is 0.726. The molecular weight excluding hydrogens is 331 g/mol. The Hall–Kier alpha value is -1.89. The zero-order chi connectivity index (χ0) is 15.6. The second-order valence-electron chi connectivity index (χ2n) is 2.96. The van der Waals surface area contributed by atoms with Crippen LogP contribution < -0.4 is 14.8 Å². The van der Waals surface area contributed by atoms with Crippen LogP contribution in [-0.4, -0.2) is 36.5 Å². The van der Waals surface area contributed by atoms with Gasteiger partial charge in [-0.05, 0) is 0 Å². The number of amides is 2. The van der Waals surface area contributed by atoms with E-state index >= 15 is 0 Å². The van der Waals surface area contributed by atoms with Gasteiger partial charge in [0.2, 0.25) is 11.8 Å². The lowest BCUT2D eigenvalue weighted by Gasteiger charge is -2.09. The standard InChI is InChI=1S/C6H5ClF3N5O4S/c1-19-5-12-2(6(8,9)10)11-3(14-5)13-4(16)15-20(7,17)18/h1H3,(H2,11,12,13,14,15,16). The summed E-state index contributed by atoms with van der Waals surface area (Å²) in [6, 6.07) is -2.18. The van der Waals surface area contributed by atoms with Crippen molar-refractivity contribution in [3.8, 4) is 6.01 Å². The molecule has 2 N–H and O–H groups in total. The molecule has 0 bridgehead atoms. The van der Waals surface area contributed by atoms with E-state index in [9.17, 15) is 26.4 Å². The van der Waals surface area contributed by atoms with Gasteiger partial charge in [0.15, 0.2) is 0 Å². The molecule has 0 aliphatic rings. The average Bonchev–Trinajstić information content (AvgIpc) is 2.24. The summed E-state index contributed by atoms with van der Waals surface area (Å²) in [7, 11) is 1.28. The molecule has 0 aliphatic heterocycles. The maximum Gasteiger partial charge on any atom is 0.451 e. The van der Waals surface area contributed by atoms with E-state index in [2.05, 4.69) is 19.7 Å². The summed E-state index contributed by atoms with van der Waals surface area (Å²) in [5.74, 6) is -2.50. The Morgan fingerprint density at radius 1 is 1.30 bits per heavy atom. The van der Waals surface area contributed by atoms with Gasteiger partial charge in [-0.3, -0.25) is 5.32 Å². The number of hydrogen-bond acceptors (Lipinski definition) is 7. The summed E-state index contributed by atoms with van der Waals surface area (Å²) in [6.45, 7) is 0. The lowest BCUT2D eigenvalue weighted by molar-refractivity contribution is -0.145. The summed E-state index contributed by atoms with van der Waals surface area (Å²) in [5.41, 5.74) is 0. The molecule has 112 valence electrons. The van der Waals surface area contributed by atoms with Crippen molar-refractivity contribution in [1.82, 2.24) is 19.7 Å². The molecule has 0 saturated heterocycles. The van der Waals surface area contributed by atoms with Crippen LogP contribution in [0.25, 0.3) is 0 Å². The van der Waals surface area contributed by atoms with Crippen molar-refractivity contribution in [2.75, 3.05) is 12.4 Å². The lowest BCUT2D eigenvalue weighted by atomic mass is 10.6. The SMILES string of the molecule is COc1nc(NC(=O)NS(=O)(=O)Cl)nc(C(F)(F)F)n1. The summed E-state index contributed by atoms with van der Waals surface area (Å²) < 4.78 is 64.0. The zero-order valence-electron chi connectivity index (χ0n) is 9.39. The first-order chi connectivity index (χ1) is 9.01. The van der Waals surface area contributed by atoms with Crippen LogP contribution in [0.3, 0.4) is 0 Å². The van der Waals surface area contributed by atoms with Gasteiger partial charge in [-0.2, -0.15) is 36.5 Å². The number of aromatic nitrogens is 3. The fourth-order valence-electron chi connectivity index (χ4n) is 0.868. The van der Waals surface area contributed by atoms with Crippen molar-refractivity contribution in [3.63, 3.8) is 0 Å². The van der Waals surface area contributed by atoms with Crippen molar-refractivity contribution in [3.05, 3.63) is 5.82 Å². The molecule has 0 aromatic carbocycles. The molecule has 0 fully saturated rings. The van der Waals surface area contributed by atoms with E-state index in [1.54, 1.807) is 5.32 Å². The first kappa shape index (κ1) is 16.2.